The number of amides is 3. The molecule has 2 atom stereocenters. The SMILES string of the molecule is CNC(=O)NC(=O)C(C)N1CCCCC1C=O. The number of nitrogens with one attached hydrogen (secondary N) is 2. The van der Waals surface area contributed by atoms with Crippen LogP contribution >= 0.6 is 0 Å². The van der Waals surface area contributed by atoms with Crippen molar-refractivity contribution in [2.45, 2.75) is 38.3 Å². The summed E-state index contributed by atoms with van der Waals surface area (Å²) < 4.78 is 0. The van der Waals surface area contributed by atoms with Crippen LogP contribution in [-0.4, -0.2) is 48.8 Å². The van der Waals surface area contributed by atoms with Gasteiger partial charge in [0.2, 0.25) is 5.91 Å². The molecule has 1 rings (SSSR count). The summed E-state index contributed by atoms with van der Waals surface area (Å²) in [5.41, 5.74) is 0. The topological polar surface area (TPSA) is 78.5 Å². The van der Waals surface area contributed by atoms with Crippen LogP contribution in [0, 0.1) is 0 Å². The van der Waals surface area contributed by atoms with Gasteiger partial charge in [-0.25, -0.2) is 4.79 Å². The first-order chi connectivity index (χ1) is 8.10. The van der Waals surface area contributed by atoms with Crippen molar-refractivity contribution in [2.75, 3.05) is 13.6 Å². The summed E-state index contributed by atoms with van der Waals surface area (Å²) in [6, 6.07) is -1.21. The Hall–Kier alpha value is -1.43. The highest BCUT2D eigenvalue weighted by molar-refractivity contribution is 5.96. The first-order valence-electron chi connectivity index (χ1n) is 5.83. The summed E-state index contributed by atoms with van der Waals surface area (Å²) in [4.78, 5) is 35.5. The van der Waals surface area contributed by atoms with Gasteiger partial charge in [0, 0.05) is 7.05 Å². The second-order valence-corrected chi connectivity index (χ2v) is 4.18. The zero-order chi connectivity index (χ0) is 12.8. The molecule has 1 aliphatic rings. The molecule has 0 radical (unpaired) electrons. The van der Waals surface area contributed by atoms with Crippen LogP contribution in [0.3, 0.4) is 0 Å². The zero-order valence-electron chi connectivity index (χ0n) is 10.2. The van der Waals surface area contributed by atoms with Crippen molar-refractivity contribution in [3.8, 4) is 0 Å². The first kappa shape index (κ1) is 13.6. The van der Waals surface area contributed by atoms with Gasteiger partial charge in [-0.15, -0.1) is 0 Å². The van der Waals surface area contributed by atoms with Gasteiger partial charge in [0.25, 0.3) is 0 Å². The maximum atomic E-state index is 11.7. The number of hydrogen-bond acceptors (Lipinski definition) is 4. The fourth-order valence-corrected chi connectivity index (χ4v) is 2.04. The fraction of sp³-hybridized carbons (Fsp3) is 0.727. The maximum Gasteiger partial charge on any atom is 0.321 e. The third-order valence-corrected chi connectivity index (χ3v) is 3.09. The van der Waals surface area contributed by atoms with E-state index in [1.165, 1.54) is 7.05 Å². The molecule has 0 saturated carbocycles. The predicted octanol–water partition coefficient (Wildman–Crippen LogP) is -0.116. The molecule has 3 amide bonds. The molecule has 1 heterocycles. The lowest BCUT2D eigenvalue weighted by molar-refractivity contribution is -0.127. The van der Waals surface area contributed by atoms with Crippen molar-refractivity contribution < 1.29 is 14.4 Å². The van der Waals surface area contributed by atoms with E-state index in [2.05, 4.69) is 10.6 Å². The van der Waals surface area contributed by atoms with Crippen molar-refractivity contribution in [2.24, 2.45) is 0 Å². The third kappa shape index (κ3) is 3.52. The summed E-state index contributed by atoms with van der Waals surface area (Å²) in [5, 5.41) is 4.54. The lowest BCUT2D eigenvalue weighted by Gasteiger charge is -2.35. The molecule has 0 aromatic carbocycles. The summed E-state index contributed by atoms with van der Waals surface area (Å²) >= 11 is 0. The van der Waals surface area contributed by atoms with Gasteiger partial charge < -0.3 is 10.1 Å². The van der Waals surface area contributed by atoms with Gasteiger partial charge in [0.05, 0.1) is 12.1 Å². The number of nitrogens with zero attached hydrogens (tertiary/aromatic N) is 1. The smallest absolute Gasteiger partial charge is 0.321 e. The minimum Gasteiger partial charge on any atom is -0.341 e. The molecule has 0 spiro atoms. The lowest BCUT2D eigenvalue weighted by Crippen LogP contribution is -2.54. The van der Waals surface area contributed by atoms with E-state index >= 15 is 0 Å². The van der Waals surface area contributed by atoms with E-state index in [0.717, 1.165) is 25.5 Å². The monoisotopic (exact) mass is 241 g/mol. The number of carbonyl (C=O) groups excluding carboxylic acids is 3. The van der Waals surface area contributed by atoms with Gasteiger partial charge in [-0.3, -0.25) is 15.0 Å². The Morgan fingerprint density at radius 3 is 2.71 bits per heavy atom. The average Bonchev–Trinajstić information content (AvgIpc) is 2.37. The molecule has 1 saturated heterocycles. The Bertz CT molecular complexity index is 306. The highest BCUT2D eigenvalue weighted by Crippen LogP contribution is 2.18. The van der Waals surface area contributed by atoms with Crippen molar-refractivity contribution in [1.29, 1.82) is 0 Å². The summed E-state index contributed by atoms with van der Waals surface area (Å²) in [7, 11) is 1.45. The van der Waals surface area contributed by atoms with E-state index < -0.39 is 12.1 Å². The van der Waals surface area contributed by atoms with Crippen LogP contribution in [-0.2, 0) is 9.59 Å². The average molecular weight is 241 g/mol. The molecule has 0 bridgehead atoms. The van der Waals surface area contributed by atoms with Crippen LogP contribution in [0.2, 0.25) is 0 Å². The van der Waals surface area contributed by atoms with Gasteiger partial charge in [0.1, 0.15) is 6.29 Å². The lowest BCUT2D eigenvalue weighted by atomic mass is 10.0. The Morgan fingerprint density at radius 2 is 2.12 bits per heavy atom. The highest BCUT2D eigenvalue weighted by atomic mass is 16.2. The van der Waals surface area contributed by atoms with E-state index in [1.54, 1.807) is 6.92 Å². The Labute approximate surface area is 101 Å². The summed E-state index contributed by atoms with van der Waals surface area (Å²) in [6.07, 6.45) is 3.63. The molecule has 0 aliphatic carbocycles. The van der Waals surface area contributed by atoms with E-state index in [0.29, 0.717) is 6.54 Å². The zero-order valence-corrected chi connectivity index (χ0v) is 10.2. The van der Waals surface area contributed by atoms with E-state index in [1.807, 2.05) is 4.90 Å². The molecule has 6 nitrogen and oxygen atoms in total. The second kappa shape index (κ2) is 6.34. The minimum atomic E-state index is -0.526. The Morgan fingerprint density at radius 1 is 1.41 bits per heavy atom. The number of aldehydes is 1. The molecule has 17 heavy (non-hydrogen) atoms. The van der Waals surface area contributed by atoms with Crippen LogP contribution < -0.4 is 10.6 Å². The molecule has 0 aromatic heterocycles. The van der Waals surface area contributed by atoms with Crippen LogP contribution in [0.15, 0.2) is 0 Å². The number of rotatable bonds is 3. The highest BCUT2D eigenvalue weighted by Gasteiger charge is 2.30. The number of urea groups is 1. The normalized spacial score (nSPS) is 22.6. The molecular weight excluding hydrogens is 222 g/mol. The van der Waals surface area contributed by atoms with Crippen molar-refractivity contribution >= 4 is 18.2 Å². The Kier molecular flexibility index (Phi) is 5.09. The van der Waals surface area contributed by atoms with Crippen LogP contribution in [0.5, 0.6) is 0 Å². The van der Waals surface area contributed by atoms with E-state index in [-0.39, 0.29) is 11.9 Å². The molecule has 6 heteroatoms. The van der Waals surface area contributed by atoms with Crippen molar-refractivity contribution in [3.63, 3.8) is 0 Å². The largest absolute Gasteiger partial charge is 0.341 e. The molecule has 2 unspecified atom stereocenters. The number of piperidine rings is 1. The quantitative estimate of drug-likeness (QED) is 0.675. The minimum absolute atomic E-state index is 0.214. The van der Waals surface area contributed by atoms with Crippen molar-refractivity contribution in [3.05, 3.63) is 0 Å². The number of imide groups is 1. The van der Waals surface area contributed by atoms with E-state index in [4.69, 9.17) is 0 Å². The predicted molar refractivity (Wildman–Crippen MR) is 62.5 cm³/mol. The molecule has 0 aromatic rings. The van der Waals surface area contributed by atoms with Crippen LogP contribution in [0.25, 0.3) is 0 Å². The Balaban J connectivity index is 2.60. The van der Waals surface area contributed by atoms with Crippen LogP contribution in [0.1, 0.15) is 26.2 Å². The summed E-state index contributed by atoms with van der Waals surface area (Å²) in [6.45, 7) is 2.42. The number of likely N-dealkylation sites (tertiary alicyclic amines) is 1. The van der Waals surface area contributed by atoms with Gasteiger partial charge in [-0.1, -0.05) is 6.42 Å². The van der Waals surface area contributed by atoms with E-state index in [9.17, 15) is 14.4 Å². The van der Waals surface area contributed by atoms with Gasteiger partial charge >= 0.3 is 6.03 Å². The molecule has 2 N–H and O–H groups in total. The van der Waals surface area contributed by atoms with Gasteiger partial charge in [0.15, 0.2) is 0 Å². The first-order valence-corrected chi connectivity index (χ1v) is 5.83. The third-order valence-electron chi connectivity index (χ3n) is 3.09. The standard InChI is InChI=1S/C11H19N3O3/c1-8(10(16)13-11(17)12-2)14-6-4-3-5-9(14)7-15/h7-9H,3-6H2,1-2H3,(H2,12,13,16,17). The summed E-state index contributed by atoms with van der Waals surface area (Å²) in [5.74, 6) is -0.377. The number of carbonyl (C=O) groups is 3. The van der Waals surface area contributed by atoms with Crippen molar-refractivity contribution in [1.82, 2.24) is 15.5 Å². The molecule has 1 fully saturated rings. The van der Waals surface area contributed by atoms with Gasteiger partial charge in [-0.2, -0.15) is 0 Å². The number of hydrogen-bond donors (Lipinski definition) is 2. The molecular formula is C11H19N3O3. The second-order valence-electron chi connectivity index (χ2n) is 4.18. The maximum absolute atomic E-state index is 11.7. The molecule has 96 valence electrons. The van der Waals surface area contributed by atoms with Crippen LogP contribution in [0.4, 0.5) is 4.79 Å². The molecule has 1 aliphatic heterocycles. The fourth-order valence-electron chi connectivity index (χ4n) is 2.04. The van der Waals surface area contributed by atoms with Gasteiger partial charge in [-0.05, 0) is 26.3 Å².